The number of hydrogen-bond acceptors (Lipinski definition) is 7. The Morgan fingerprint density at radius 3 is 2.26 bits per heavy atom. The van der Waals surface area contributed by atoms with Crippen LogP contribution in [0.25, 0.3) is 0 Å². The molecule has 0 aromatic rings. The average molecular weight is 278 g/mol. The first-order valence-electron chi connectivity index (χ1n) is 6.62. The van der Waals surface area contributed by atoms with Crippen molar-refractivity contribution in [2.24, 2.45) is 5.18 Å². The fourth-order valence-electron chi connectivity index (χ4n) is 1.53. The third-order valence-corrected chi connectivity index (χ3v) is 2.49. The van der Waals surface area contributed by atoms with Crippen LogP contribution in [-0.4, -0.2) is 82.9 Å². The summed E-state index contributed by atoms with van der Waals surface area (Å²) in [4.78, 5) is 12.1. The highest BCUT2D eigenvalue weighted by molar-refractivity contribution is 4.57. The first-order valence-corrected chi connectivity index (χ1v) is 6.62. The third kappa shape index (κ3) is 13.6. The maximum absolute atomic E-state index is 9.89. The number of methoxy groups -OCH3 is 1. The van der Waals surface area contributed by atoms with Crippen LogP contribution in [0.2, 0.25) is 0 Å². The molecule has 0 spiro atoms. The molecule has 0 aliphatic carbocycles. The van der Waals surface area contributed by atoms with Crippen molar-refractivity contribution < 1.29 is 19.3 Å². The van der Waals surface area contributed by atoms with Crippen LogP contribution in [-0.2, 0) is 14.2 Å². The number of nitroso groups, excluding NO2 is 1. The number of ether oxygens (including phenoxy) is 3. The van der Waals surface area contributed by atoms with Gasteiger partial charge in [-0.25, -0.2) is 0 Å². The second-order valence-corrected chi connectivity index (χ2v) is 3.99. The Morgan fingerprint density at radius 2 is 1.68 bits per heavy atom. The van der Waals surface area contributed by atoms with E-state index < -0.39 is 0 Å². The Hall–Kier alpha value is -0.600. The topological polar surface area (TPSA) is 80.6 Å². The van der Waals surface area contributed by atoms with Gasteiger partial charge in [-0.1, -0.05) is 5.18 Å². The summed E-state index contributed by atoms with van der Waals surface area (Å²) in [5, 5.41) is 11.4. The molecule has 0 rings (SSSR count). The lowest BCUT2D eigenvalue weighted by molar-refractivity contribution is 0.0574. The quantitative estimate of drug-likeness (QED) is 0.338. The van der Waals surface area contributed by atoms with Crippen LogP contribution in [0.1, 0.15) is 6.42 Å². The molecule has 0 amide bonds. The van der Waals surface area contributed by atoms with Crippen molar-refractivity contribution >= 4 is 0 Å². The Labute approximate surface area is 114 Å². The van der Waals surface area contributed by atoms with E-state index in [1.165, 1.54) is 0 Å². The van der Waals surface area contributed by atoms with Crippen LogP contribution < -0.4 is 0 Å². The number of aliphatic hydroxyl groups excluding tert-OH is 1. The van der Waals surface area contributed by atoms with Gasteiger partial charge in [0.1, 0.15) is 6.54 Å². The summed E-state index contributed by atoms with van der Waals surface area (Å²) in [7, 11) is 1.68. The largest absolute Gasteiger partial charge is 0.394 e. The minimum atomic E-state index is 0.0471. The van der Waals surface area contributed by atoms with Crippen molar-refractivity contribution in [1.82, 2.24) is 4.90 Å². The molecule has 0 aromatic heterocycles. The summed E-state index contributed by atoms with van der Waals surface area (Å²) in [5.74, 6) is 0. The molecule has 0 atom stereocenters. The highest BCUT2D eigenvalue weighted by Gasteiger charge is 2.04. The molecular weight excluding hydrogens is 252 g/mol. The summed E-state index contributed by atoms with van der Waals surface area (Å²) in [6, 6.07) is 0. The smallest absolute Gasteiger partial charge is 0.104 e. The number of nitrogens with zero attached hydrogens (tertiary/aromatic N) is 2. The van der Waals surface area contributed by atoms with Crippen molar-refractivity contribution in [3.05, 3.63) is 4.91 Å². The van der Waals surface area contributed by atoms with Gasteiger partial charge in [0.05, 0.1) is 33.0 Å². The van der Waals surface area contributed by atoms with Gasteiger partial charge in [-0.2, -0.15) is 4.91 Å². The highest BCUT2D eigenvalue weighted by atomic mass is 16.5. The van der Waals surface area contributed by atoms with Gasteiger partial charge in [-0.15, -0.1) is 0 Å². The van der Waals surface area contributed by atoms with E-state index in [0.29, 0.717) is 26.4 Å². The summed E-state index contributed by atoms with van der Waals surface area (Å²) < 4.78 is 15.6. The number of rotatable bonds is 15. The molecule has 0 aromatic carbocycles. The molecule has 7 nitrogen and oxygen atoms in total. The molecule has 114 valence electrons. The molecule has 0 aliphatic rings. The van der Waals surface area contributed by atoms with Crippen LogP contribution in [0.15, 0.2) is 5.18 Å². The second kappa shape index (κ2) is 15.5. The summed E-state index contributed by atoms with van der Waals surface area (Å²) in [6.45, 7) is 5.35. The Kier molecular flexibility index (Phi) is 15.0. The van der Waals surface area contributed by atoms with Crippen molar-refractivity contribution in [3.8, 4) is 0 Å². The van der Waals surface area contributed by atoms with Gasteiger partial charge in [-0.3, -0.25) is 4.90 Å². The van der Waals surface area contributed by atoms with Gasteiger partial charge in [0.25, 0.3) is 0 Å². The van der Waals surface area contributed by atoms with E-state index in [-0.39, 0.29) is 13.2 Å². The molecular formula is C12H26N2O5. The van der Waals surface area contributed by atoms with Crippen molar-refractivity contribution in [1.29, 1.82) is 0 Å². The maximum Gasteiger partial charge on any atom is 0.104 e. The normalized spacial score (nSPS) is 11.1. The lowest BCUT2D eigenvalue weighted by Crippen LogP contribution is -2.33. The van der Waals surface area contributed by atoms with E-state index in [1.807, 2.05) is 0 Å². The zero-order valence-corrected chi connectivity index (χ0v) is 11.8. The first kappa shape index (κ1) is 18.4. The van der Waals surface area contributed by atoms with E-state index in [1.54, 1.807) is 7.11 Å². The molecule has 1 N–H and O–H groups in total. The molecule has 0 saturated carbocycles. The molecule has 0 saturated heterocycles. The summed E-state index contributed by atoms with van der Waals surface area (Å²) in [6.07, 6.45) is 0.951. The van der Waals surface area contributed by atoms with Gasteiger partial charge in [0, 0.05) is 33.4 Å². The zero-order valence-electron chi connectivity index (χ0n) is 11.8. The predicted octanol–water partition coefficient (Wildman–Crippen LogP) is 0.117. The van der Waals surface area contributed by atoms with Crippen molar-refractivity contribution in [2.45, 2.75) is 6.42 Å². The zero-order chi connectivity index (χ0) is 14.2. The van der Waals surface area contributed by atoms with Crippen LogP contribution in [0.5, 0.6) is 0 Å². The maximum atomic E-state index is 9.89. The molecule has 7 heteroatoms. The van der Waals surface area contributed by atoms with Crippen LogP contribution >= 0.6 is 0 Å². The monoisotopic (exact) mass is 278 g/mol. The SMILES string of the molecule is COCCCN(CCOCCO)CCOCCN=O. The van der Waals surface area contributed by atoms with Crippen LogP contribution in [0.3, 0.4) is 0 Å². The molecule has 0 aliphatic heterocycles. The Balaban J connectivity index is 3.66. The third-order valence-electron chi connectivity index (χ3n) is 2.49. The summed E-state index contributed by atoms with van der Waals surface area (Å²) >= 11 is 0. The molecule has 0 radical (unpaired) electrons. The number of aliphatic hydroxyl groups is 1. The fourth-order valence-corrected chi connectivity index (χ4v) is 1.53. The summed E-state index contributed by atoms with van der Waals surface area (Å²) in [5.41, 5.74) is 0. The minimum absolute atomic E-state index is 0.0471. The van der Waals surface area contributed by atoms with E-state index >= 15 is 0 Å². The van der Waals surface area contributed by atoms with Gasteiger partial charge >= 0.3 is 0 Å². The van der Waals surface area contributed by atoms with Gasteiger partial charge in [-0.05, 0) is 6.42 Å². The molecule has 0 heterocycles. The fraction of sp³-hybridized carbons (Fsp3) is 1.00. The lowest BCUT2D eigenvalue weighted by atomic mass is 10.4. The number of hydrogen-bond donors (Lipinski definition) is 1. The molecule has 0 fully saturated rings. The van der Waals surface area contributed by atoms with E-state index in [4.69, 9.17) is 19.3 Å². The van der Waals surface area contributed by atoms with E-state index in [0.717, 1.165) is 32.7 Å². The molecule has 19 heavy (non-hydrogen) atoms. The predicted molar refractivity (Wildman–Crippen MR) is 72.3 cm³/mol. The van der Waals surface area contributed by atoms with Gasteiger partial charge < -0.3 is 19.3 Å². The Morgan fingerprint density at radius 1 is 1.00 bits per heavy atom. The Bertz CT molecular complexity index is 195. The van der Waals surface area contributed by atoms with E-state index in [2.05, 4.69) is 10.1 Å². The second-order valence-electron chi connectivity index (χ2n) is 3.99. The first-order chi connectivity index (χ1) is 9.35. The van der Waals surface area contributed by atoms with Gasteiger partial charge in [0.2, 0.25) is 0 Å². The van der Waals surface area contributed by atoms with Crippen LogP contribution in [0, 0.1) is 4.91 Å². The lowest BCUT2D eigenvalue weighted by Gasteiger charge is -2.21. The standard InChI is InChI=1S/C12H26N2O5/c1-17-8-2-4-14(6-11-19-12-7-15)5-10-18-9-3-13-16/h15H,2-12H2,1H3. The van der Waals surface area contributed by atoms with Crippen molar-refractivity contribution in [2.75, 3.05) is 72.9 Å². The van der Waals surface area contributed by atoms with Gasteiger partial charge in [0.15, 0.2) is 0 Å². The van der Waals surface area contributed by atoms with Crippen molar-refractivity contribution in [3.63, 3.8) is 0 Å². The molecule has 0 unspecified atom stereocenters. The highest BCUT2D eigenvalue weighted by Crippen LogP contribution is 1.94. The van der Waals surface area contributed by atoms with E-state index in [9.17, 15) is 4.91 Å². The minimum Gasteiger partial charge on any atom is -0.394 e. The molecule has 0 bridgehead atoms. The van der Waals surface area contributed by atoms with Crippen LogP contribution in [0.4, 0.5) is 0 Å². The average Bonchev–Trinajstić information content (AvgIpc) is 2.42.